The molecular weight excluding hydrogens is 238 g/mol. The van der Waals surface area contributed by atoms with Gasteiger partial charge in [-0.15, -0.1) is 0 Å². The maximum Gasteiger partial charge on any atom is 0.338 e. The van der Waals surface area contributed by atoms with Crippen LogP contribution >= 0.6 is 0 Å². The molecule has 1 aromatic rings. The van der Waals surface area contributed by atoms with Crippen LogP contribution in [0.15, 0.2) is 24.3 Å². The van der Waals surface area contributed by atoms with Gasteiger partial charge < -0.3 is 10.5 Å². The van der Waals surface area contributed by atoms with E-state index in [4.69, 9.17) is 10.5 Å². The van der Waals surface area contributed by atoms with Gasteiger partial charge in [-0.25, -0.2) is 4.79 Å². The van der Waals surface area contributed by atoms with Gasteiger partial charge in [0.25, 0.3) is 0 Å². The lowest BCUT2D eigenvalue weighted by Crippen LogP contribution is -2.25. The Morgan fingerprint density at radius 2 is 2.26 bits per heavy atom. The fraction of sp³-hybridized carbons (Fsp3) is 0.562. The molecule has 1 aliphatic rings. The van der Waals surface area contributed by atoms with Crippen molar-refractivity contribution in [3.05, 3.63) is 35.4 Å². The Morgan fingerprint density at radius 3 is 3.00 bits per heavy atom. The molecule has 1 aliphatic carbocycles. The molecule has 1 aromatic carbocycles. The average molecular weight is 261 g/mol. The second-order valence-corrected chi connectivity index (χ2v) is 5.37. The smallest absolute Gasteiger partial charge is 0.338 e. The molecule has 0 aromatic heterocycles. The second kappa shape index (κ2) is 6.71. The highest BCUT2D eigenvalue weighted by atomic mass is 16.5. The monoisotopic (exact) mass is 261 g/mol. The predicted molar refractivity (Wildman–Crippen MR) is 75.8 cm³/mol. The van der Waals surface area contributed by atoms with E-state index in [0.29, 0.717) is 18.0 Å². The minimum atomic E-state index is -0.211. The number of carbonyl (C=O) groups is 1. The van der Waals surface area contributed by atoms with Gasteiger partial charge in [0.05, 0.1) is 5.56 Å². The number of benzene rings is 1. The van der Waals surface area contributed by atoms with E-state index in [1.165, 1.54) is 19.3 Å². The molecule has 19 heavy (non-hydrogen) atoms. The Labute approximate surface area is 115 Å². The lowest BCUT2D eigenvalue weighted by molar-refractivity contribution is 0.0140. The van der Waals surface area contributed by atoms with E-state index >= 15 is 0 Å². The molecule has 1 saturated carbocycles. The lowest BCUT2D eigenvalue weighted by atomic mass is 9.85. The van der Waals surface area contributed by atoms with Gasteiger partial charge in [-0.2, -0.15) is 0 Å². The molecule has 2 rings (SSSR count). The van der Waals surface area contributed by atoms with E-state index in [1.54, 1.807) is 6.07 Å². The number of esters is 1. The standard InChI is InChI=1S/C16H23NO2/c1-2-12-5-4-8-15(10-12)19-16(18)14-7-3-6-13(9-14)11-17/h3,6-7,9,12,15H,2,4-5,8,10-11,17H2,1H3. The van der Waals surface area contributed by atoms with Crippen LogP contribution in [0.5, 0.6) is 0 Å². The molecule has 2 atom stereocenters. The van der Waals surface area contributed by atoms with Gasteiger partial charge in [0.15, 0.2) is 0 Å². The quantitative estimate of drug-likeness (QED) is 0.846. The van der Waals surface area contributed by atoms with Gasteiger partial charge in [0.2, 0.25) is 0 Å². The Balaban J connectivity index is 1.96. The Hall–Kier alpha value is -1.35. The van der Waals surface area contributed by atoms with Gasteiger partial charge >= 0.3 is 5.97 Å². The van der Waals surface area contributed by atoms with Crippen LogP contribution in [0.2, 0.25) is 0 Å². The van der Waals surface area contributed by atoms with Crippen molar-refractivity contribution in [2.75, 3.05) is 0 Å². The molecule has 0 spiro atoms. The number of carbonyl (C=O) groups excluding carboxylic acids is 1. The molecule has 0 bridgehead atoms. The van der Waals surface area contributed by atoms with E-state index in [2.05, 4.69) is 6.92 Å². The zero-order chi connectivity index (χ0) is 13.7. The second-order valence-electron chi connectivity index (χ2n) is 5.37. The molecule has 3 nitrogen and oxygen atoms in total. The van der Waals surface area contributed by atoms with Crippen molar-refractivity contribution in [3.63, 3.8) is 0 Å². The first-order valence-electron chi connectivity index (χ1n) is 7.23. The Morgan fingerprint density at radius 1 is 1.42 bits per heavy atom. The normalized spacial score (nSPS) is 23.1. The van der Waals surface area contributed by atoms with Gasteiger partial charge in [-0.05, 0) is 42.9 Å². The molecule has 104 valence electrons. The van der Waals surface area contributed by atoms with Crippen LogP contribution in [-0.2, 0) is 11.3 Å². The largest absolute Gasteiger partial charge is 0.459 e. The van der Waals surface area contributed by atoms with Crippen molar-refractivity contribution < 1.29 is 9.53 Å². The van der Waals surface area contributed by atoms with Crippen molar-refractivity contribution in [1.82, 2.24) is 0 Å². The number of hydrogen-bond acceptors (Lipinski definition) is 3. The summed E-state index contributed by atoms with van der Waals surface area (Å²) in [4.78, 5) is 12.1. The highest BCUT2D eigenvalue weighted by Gasteiger charge is 2.24. The molecule has 0 heterocycles. The van der Waals surface area contributed by atoms with Crippen molar-refractivity contribution in [3.8, 4) is 0 Å². The summed E-state index contributed by atoms with van der Waals surface area (Å²) in [6.45, 7) is 2.65. The molecule has 3 heteroatoms. The number of hydrogen-bond donors (Lipinski definition) is 1. The third kappa shape index (κ3) is 3.80. The van der Waals surface area contributed by atoms with Crippen molar-refractivity contribution in [2.24, 2.45) is 11.7 Å². The van der Waals surface area contributed by atoms with Crippen molar-refractivity contribution in [1.29, 1.82) is 0 Å². The minimum absolute atomic E-state index is 0.0905. The summed E-state index contributed by atoms with van der Waals surface area (Å²) in [5.41, 5.74) is 7.16. The maximum absolute atomic E-state index is 12.1. The predicted octanol–water partition coefficient (Wildman–Crippen LogP) is 3.27. The number of rotatable bonds is 4. The highest BCUT2D eigenvalue weighted by Crippen LogP contribution is 2.28. The van der Waals surface area contributed by atoms with Crippen LogP contribution in [-0.4, -0.2) is 12.1 Å². The van der Waals surface area contributed by atoms with Gasteiger partial charge in [-0.3, -0.25) is 0 Å². The first-order chi connectivity index (χ1) is 9.22. The van der Waals surface area contributed by atoms with Crippen LogP contribution in [0.4, 0.5) is 0 Å². The molecule has 0 saturated heterocycles. The van der Waals surface area contributed by atoms with Crippen LogP contribution < -0.4 is 5.73 Å². The van der Waals surface area contributed by atoms with Crippen molar-refractivity contribution in [2.45, 2.75) is 51.7 Å². The lowest BCUT2D eigenvalue weighted by Gasteiger charge is -2.28. The zero-order valence-electron chi connectivity index (χ0n) is 11.6. The molecule has 0 radical (unpaired) electrons. The van der Waals surface area contributed by atoms with Gasteiger partial charge in [-0.1, -0.05) is 31.9 Å². The topological polar surface area (TPSA) is 52.3 Å². The van der Waals surface area contributed by atoms with E-state index in [9.17, 15) is 4.79 Å². The summed E-state index contributed by atoms with van der Waals surface area (Å²) in [5, 5.41) is 0. The molecule has 0 amide bonds. The van der Waals surface area contributed by atoms with Crippen LogP contribution in [0.25, 0.3) is 0 Å². The average Bonchev–Trinajstić information content (AvgIpc) is 2.47. The Kier molecular flexibility index (Phi) is 4.97. The molecule has 2 N–H and O–H groups in total. The molecular formula is C16H23NO2. The van der Waals surface area contributed by atoms with Crippen LogP contribution in [0.1, 0.15) is 54.9 Å². The van der Waals surface area contributed by atoms with Gasteiger partial charge in [0, 0.05) is 6.54 Å². The summed E-state index contributed by atoms with van der Waals surface area (Å²) < 4.78 is 5.63. The van der Waals surface area contributed by atoms with E-state index in [1.807, 2.05) is 18.2 Å². The molecule has 1 fully saturated rings. The summed E-state index contributed by atoms with van der Waals surface area (Å²) in [6, 6.07) is 7.39. The minimum Gasteiger partial charge on any atom is -0.459 e. The fourth-order valence-corrected chi connectivity index (χ4v) is 2.76. The van der Waals surface area contributed by atoms with Crippen LogP contribution in [0, 0.1) is 5.92 Å². The third-order valence-electron chi connectivity index (χ3n) is 3.98. The van der Waals surface area contributed by atoms with E-state index in [0.717, 1.165) is 18.4 Å². The van der Waals surface area contributed by atoms with E-state index < -0.39 is 0 Å². The number of nitrogens with two attached hydrogens (primary N) is 1. The van der Waals surface area contributed by atoms with E-state index in [-0.39, 0.29) is 12.1 Å². The Bertz CT molecular complexity index is 431. The molecule has 0 aliphatic heterocycles. The summed E-state index contributed by atoms with van der Waals surface area (Å²) in [7, 11) is 0. The SMILES string of the molecule is CCC1CCCC(OC(=O)c2cccc(CN)c2)C1. The summed E-state index contributed by atoms with van der Waals surface area (Å²) >= 11 is 0. The number of ether oxygens (including phenoxy) is 1. The van der Waals surface area contributed by atoms with Crippen molar-refractivity contribution >= 4 is 5.97 Å². The maximum atomic E-state index is 12.1. The van der Waals surface area contributed by atoms with Gasteiger partial charge in [0.1, 0.15) is 6.10 Å². The highest BCUT2D eigenvalue weighted by molar-refractivity contribution is 5.89. The first kappa shape index (κ1) is 14.1. The first-order valence-corrected chi connectivity index (χ1v) is 7.23. The fourth-order valence-electron chi connectivity index (χ4n) is 2.76. The molecule has 2 unspecified atom stereocenters. The summed E-state index contributed by atoms with van der Waals surface area (Å²) in [5.74, 6) is 0.499. The summed E-state index contributed by atoms with van der Waals surface area (Å²) in [6.07, 6.45) is 5.72. The van der Waals surface area contributed by atoms with Crippen LogP contribution in [0.3, 0.4) is 0 Å². The zero-order valence-corrected chi connectivity index (χ0v) is 11.6. The third-order valence-corrected chi connectivity index (χ3v) is 3.98.